The fraction of sp³-hybridized carbons (Fsp3) is 0.500. The van der Waals surface area contributed by atoms with Crippen molar-refractivity contribution in [2.24, 2.45) is 0 Å². The Morgan fingerprint density at radius 3 is 2.21 bits per heavy atom. The van der Waals surface area contributed by atoms with Crippen LogP contribution >= 0.6 is 12.4 Å². The molecule has 4 heteroatoms. The summed E-state index contributed by atoms with van der Waals surface area (Å²) in [6.45, 7) is 9.10. The Labute approximate surface area is 92.0 Å². The maximum Gasteiger partial charge on any atom is 0.233 e. The normalized spacial score (nSPS) is 9.00. The molecular weight excluding hydrogens is 200 g/mol. The lowest BCUT2D eigenvalue weighted by Crippen LogP contribution is -2.43. The van der Waals surface area contributed by atoms with Crippen LogP contribution in [-0.4, -0.2) is 11.9 Å². The van der Waals surface area contributed by atoms with E-state index in [-0.39, 0.29) is 24.4 Å². The molecule has 0 unspecified atom stereocenters. The van der Waals surface area contributed by atoms with Crippen molar-refractivity contribution in [3.05, 3.63) is 25.3 Å². The third-order valence-corrected chi connectivity index (χ3v) is 1.64. The summed E-state index contributed by atoms with van der Waals surface area (Å²) in [6, 6.07) is 0.200. The summed E-state index contributed by atoms with van der Waals surface area (Å²) in [5.74, 6) is -0.00174. The van der Waals surface area contributed by atoms with E-state index in [4.69, 9.17) is 0 Å². The molecule has 0 spiro atoms. The van der Waals surface area contributed by atoms with E-state index in [1.807, 2.05) is 19.1 Å². The summed E-state index contributed by atoms with van der Waals surface area (Å²) < 4.78 is 0. The van der Waals surface area contributed by atoms with Gasteiger partial charge >= 0.3 is 0 Å². The van der Waals surface area contributed by atoms with Crippen LogP contribution in [0.1, 0.15) is 26.2 Å². The number of carbonyl (C=O) groups is 1. The van der Waals surface area contributed by atoms with Crippen molar-refractivity contribution in [2.75, 3.05) is 0 Å². The van der Waals surface area contributed by atoms with Gasteiger partial charge in [0.15, 0.2) is 0 Å². The van der Waals surface area contributed by atoms with Crippen molar-refractivity contribution in [1.29, 1.82) is 0 Å². The Morgan fingerprint density at radius 2 is 1.86 bits per heavy atom. The van der Waals surface area contributed by atoms with Crippen molar-refractivity contribution in [1.82, 2.24) is 10.9 Å². The molecule has 1 amide bonds. The summed E-state index contributed by atoms with van der Waals surface area (Å²) in [7, 11) is 0. The number of halogens is 1. The molecule has 0 aromatic rings. The molecule has 0 aliphatic rings. The maximum absolute atomic E-state index is 10.9. The number of rotatable bonds is 7. The zero-order valence-corrected chi connectivity index (χ0v) is 9.40. The van der Waals surface area contributed by atoms with Crippen molar-refractivity contribution in [3.63, 3.8) is 0 Å². The average molecular weight is 219 g/mol. The smallest absolute Gasteiger partial charge is 0.233 e. The molecule has 0 heterocycles. The highest BCUT2D eigenvalue weighted by molar-refractivity contribution is 5.85. The fourth-order valence-corrected chi connectivity index (χ4v) is 0.887. The van der Waals surface area contributed by atoms with Gasteiger partial charge in [0, 0.05) is 12.5 Å². The Morgan fingerprint density at radius 1 is 1.36 bits per heavy atom. The second-order valence-corrected chi connectivity index (χ2v) is 2.79. The van der Waals surface area contributed by atoms with Crippen LogP contribution in [0.25, 0.3) is 0 Å². The predicted octanol–water partition coefficient (Wildman–Crippen LogP) is 1.96. The molecule has 3 nitrogen and oxygen atoms in total. The number of amides is 1. The highest BCUT2D eigenvalue weighted by Crippen LogP contribution is 1.97. The van der Waals surface area contributed by atoms with E-state index in [0.29, 0.717) is 6.42 Å². The molecule has 0 rings (SSSR count). The minimum absolute atomic E-state index is 0. The molecule has 0 saturated heterocycles. The van der Waals surface area contributed by atoms with Crippen LogP contribution in [0.2, 0.25) is 0 Å². The first-order valence-electron chi connectivity index (χ1n) is 4.50. The SMILES string of the molecule is C=CCC(CC=C)NNC(=O)CC.Cl. The zero-order valence-electron chi connectivity index (χ0n) is 8.58. The molecule has 0 saturated carbocycles. The molecule has 2 N–H and O–H groups in total. The third-order valence-electron chi connectivity index (χ3n) is 1.64. The van der Waals surface area contributed by atoms with E-state index < -0.39 is 0 Å². The molecule has 0 aromatic carbocycles. The monoisotopic (exact) mass is 218 g/mol. The Kier molecular flexibility index (Phi) is 11.5. The minimum Gasteiger partial charge on any atom is -0.291 e. The summed E-state index contributed by atoms with van der Waals surface area (Å²) in [5.41, 5.74) is 5.55. The van der Waals surface area contributed by atoms with Crippen molar-refractivity contribution in [2.45, 2.75) is 32.2 Å². The topological polar surface area (TPSA) is 41.1 Å². The number of nitrogens with one attached hydrogen (secondary N) is 2. The lowest BCUT2D eigenvalue weighted by molar-refractivity contribution is -0.122. The summed E-state index contributed by atoms with van der Waals surface area (Å²) in [4.78, 5) is 10.9. The van der Waals surface area contributed by atoms with E-state index in [0.717, 1.165) is 12.8 Å². The van der Waals surface area contributed by atoms with E-state index in [9.17, 15) is 4.79 Å². The first-order chi connectivity index (χ1) is 6.24. The van der Waals surface area contributed by atoms with Gasteiger partial charge in [0.1, 0.15) is 0 Å². The third kappa shape index (κ3) is 7.83. The van der Waals surface area contributed by atoms with E-state index in [2.05, 4.69) is 24.0 Å². The largest absolute Gasteiger partial charge is 0.291 e. The second-order valence-electron chi connectivity index (χ2n) is 2.79. The van der Waals surface area contributed by atoms with Gasteiger partial charge in [0.2, 0.25) is 5.91 Å². The molecule has 0 radical (unpaired) electrons. The highest BCUT2D eigenvalue weighted by Gasteiger charge is 2.04. The highest BCUT2D eigenvalue weighted by atomic mass is 35.5. The van der Waals surface area contributed by atoms with Gasteiger partial charge in [-0.3, -0.25) is 10.2 Å². The predicted molar refractivity (Wildman–Crippen MR) is 62.2 cm³/mol. The first kappa shape index (κ1) is 15.7. The number of carbonyl (C=O) groups excluding carboxylic acids is 1. The summed E-state index contributed by atoms with van der Waals surface area (Å²) in [6.07, 6.45) is 5.76. The van der Waals surface area contributed by atoms with Gasteiger partial charge in [0.05, 0.1) is 0 Å². The van der Waals surface area contributed by atoms with Crippen LogP contribution in [0.5, 0.6) is 0 Å². The standard InChI is InChI=1S/C10H18N2O.ClH/c1-4-7-9(8-5-2)11-12-10(13)6-3;/h4-5,9,11H,1-2,6-8H2,3H3,(H,12,13);1H. The van der Waals surface area contributed by atoms with Crippen molar-refractivity contribution in [3.8, 4) is 0 Å². The summed E-state index contributed by atoms with van der Waals surface area (Å²) >= 11 is 0. The molecule has 0 aliphatic carbocycles. The van der Waals surface area contributed by atoms with Crippen LogP contribution in [0.4, 0.5) is 0 Å². The van der Waals surface area contributed by atoms with Gasteiger partial charge in [-0.2, -0.15) is 0 Å². The zero-order chi connectivity index (χ0) is 10.1. The quantitative estimate of drug-likeness (QED) is 0.507. The maximum atomic E-state index is 10.9. The first-order valence-corrected chi connectivity index (χ1v) is 4.50. The molecule has 82 valence electrons. The molecule has 14 heavy (non-hydrogen) atoms. The van der Waals surface area contributed by atoms with E-state index >= 15 is 0 Å². The van der Waals surface area contributed by atoms with Crippen molar-refractivity contribution < 1.29 is 4.79 Å². The van der Waals surface area contributed by atoms with E-state index in [1.54, 1.807) is 0 Å². The van der Waals surface area contributed by atoms with Gasteiger partial charge in [-0.25, -0.2) is 5.43 Å². The Balaban J connectivity index is 0. The van der Waals surface area contributed by atoms with Crippen molar-refractivity contribution >= 4 is 18.3 Å². The van der Waals surface area contributed by atoms with Crippen LogP contribution in [-0.2, 0) is 4.79 Å². The number of hydrogen-bond acceptors (Lipinski definition) is 2. The average Bonchev–Trinajstić information content (AvgIpc) is 2.14. The van der Waals surface area contributed by atoms with E-state index in [1.165, 1.54) is 0 Å². The fourth-order valence-electron chi connectivity index (χ4n) is 0.887. The molecule has 0 aromatic heterocycles. The summed E-state index contributed by atoms with van der Waals surface area (Å²) in [5, 5.41) is 0. The lowest BCUT2D eigenvalue weighted by Gasteiger charge is -2.15. The molecule has 0 fully saturated rings. The Bertz CT molecular complexity index is 173. The second kappa shape index (κ2) is 10.3. The molecule has 0 aliphatic heterocycles. The minimum atomic E-state index is -0.00174. The number of hydrazine groups is 1. The van der Waals surface area contributed by atoms with Gasteiger partial charge in [-0.1, -0.05) is 19.1 Å². The van der Waals surface area contributed by atoms with Gasteiger partial charge in [0.25, 0.3) is 0 Å². The van der Waals surface area contributed by atoms with Gasteiger partial charge in [-0.15, -0.1) is 25.6 Å². The van der Waals surface area contributed by atoms with Gasteiger partial charge < -0.3 is 0 Å². The number of hydrogen-bond donors (Lipinski definition) is 2. The lowest BCUT2D eigenvalue weighted by atomic mass is 10.1. The van der Waals surface area contributed by atoms with Crippen LogP contribution < -0.4 is 10.9 Å². The van der Waals surface area contributed by atoms with Crippen LogP contribution in [0.3, 0.4) is 0 Å². The molecular formula is C10H19ClN2O. The van der Waals surface area contributed by atoms with Gasteiger partial charge in [-0.05, 0) is 12.8 Å². The van der Waals surface area contributed by atoms with Crippen LogP contribution in [0.15, 0.2) is 25.3 Å². The molecule has 0 bridgehead atoms. The Hall–Kier alpha value is -0.800. The molecule has 0 atom stereocenters. The van der Waals surface area contributed by atoms with Crippen LogP contribution in [0, 0.1) is 0 Å².